The molecule has 2 saturated carbocycles. The standard InChI is InChI=1S/C14H27NO/c1-12-4-5-13(10-12)15-11-14(6-3-7-14)8-9-16-2/h12-13,15H,3-11H2,1-2H3. The molecule has 2 aliphatic carbocycles. The van der Waals surface area contributed by atoms with Crippen LogP contribution in [-0.4, -0.2) is 26.3 Å². The van der Waals surface area contributed by atoms with E-state index in [1.165, 1.54) is 51.5 Å². The summed E-state index contributed by atoms with van der Waals surface area (Å²) < 4.78 is 5.23. The van der Waals surface area contributed by atoms with Gasteiger partial charge in [-0.25, -0.2) is 0 Å². The topological polar surface area (TPSA) is 21.3 Å². The van der Waals surface area contributed by atoms with Gasteiger partial charge >= 0.3 is 0 Å². The second-order valence-corrected chi connectivity index (χ2v) is 6.09. The molecule has 0 spiro atoms. The van der Waals surface area contributed by atoms with Gasteiger partial charge in [-0.3, -0.25) is 0 Å². The fraction of sp³-hybridized carbons (Fsp3) is 1.00. The van der Waals surface area contributed by atoms with Gasteiger partial charge in [-0.15, -0.1) is 0 Å². The average molecular weight is 225 g/mol. The van der Waals surface area contributed by atoms with Crippen molar-refractivity contribution in [2.24, 2.45) is 11.3 Å². The van der Waals surface area contributed by atoms with E-state index in [1.54, 1.807) is 0 Å². The molecule has 0 bridgehead atoms. The Labute approximate surface area is 100 Å². The van der Waals surface area contributed by atoms with Crippen LogP contribution in [0.5, 0.6) is 0 Å². The lowest BCUT2D eigenvalue weighted by atomic mass is 9.66. The third kappa shape index (κ3) is 2.98. The van der Waals surface area contributed by atoms with E-state index < -0.39 is 0 Å². The van der Waals surface area contributed by atoms with Crippen molar-refractivity contribution in [1.82, 2.24) is 5.32 Å². The first kappa shape index (κ1) is 12.4. The highest BCUT2D eigenvalue weighted by molar-refractivity contribution is 4.91. The zero-order chi connectivity index (χ0) is 11.4. The molecule has 0 aromatic carbocycles. The molecule has 2 unspecified atom stereocenters. The van der Waals surface area contributed by atoms with E-state index in [4.69, 9.17) is 4.74 Å². The van der Waals surface area contributed by atoms with Gasteiger partial charge < -0.3 is 10.1 Å². The van der Waals surface area contributed by atoms with Gasteiger partial charge in [0, 0.05) is 26.3 Å². The van der Waals surface area contributed by atoms with Crippen LogP contribution in [0.15, 0.2) is 0 Å². The van der Waals surface area contributed by atoms with Crippen LogP contribution in [0.1, 0.15) is 51.9 Å². The fourth-order valence-electron chi connectivity index (χ4n) is 3.26. The number of rotatable bonds is 6. The van der Waals surface area contributed by atoms with Crippen LogP contribution in [0.2, 0.25) is 0 Å². The molecule has 2 rings (SSSR count). The van der Waals surface area contributed by atoms with Crippen molar-refractivity contribution in [3.8, 4) is 0 Å². The molecular weight excluding hydrogens is 198 g/mol. The molecule has 2 nitrogen and oxygen atoms in total. The Balaban J connectivity index is 1.70. The molecule has 94 valence electrons. The van der Waals surface area contributed by atoms with Crippen molar-refractivity contribution in [3.63, 3.8) is 0 Å². The smallest absolute Gasteiger partial charge is 0.0468 e. The molecule has 0 amide bonds. The van der Waals surface area contributed by atoms with Crippen LogP contribution >= 0.6 is 0 Å². The monoisotopic (exact) mass is 225 g/mol. The van der Waals surface area contributed by atoms with E-state index in [0.717, 1.165) is 18.6 Å². The zero-order valence-electron chi connectivity index (χ0n) is 10.9. The van der Waals surface area contributed by atoms with Crippen LogP contribution in [0.25, 0.3) is 0 Å². The maximum absolute atomic E-state index is 5.23. The number of nitrogens with one attached hydrogen (secondary N) is 1. The summed E-state index contributed by atoms with van der Waals surface area (Å²) in [6.45, 7) is 4.54. The third-order valence-corrected chi connectivity index (χ3v) is 4.71. The van der Waals surface area contributed by atoms with Crippen molar-refractivity contribution in [2.45, 2.75) is 57.9 Å². The van der Waals surface area contributed by atoms with E-state index >= 15 is 0 Å². The van der Waals surface area contributed by atoms with Gasteiger partial charge in [0.2, 0.25) is 0 Å². The van der Waals surface area contributed by atoms with Crippen molar-refractivity contribution >= 4 is 0 Å². The van der Waals surface area contributed by atoms with Crippen LogP contribution in [-0.2, 0) is 4.74 Å². The molecule has 2 aliphatic rings. The third-order valence-electron chi connectivity index (χ3n) is 4.71. The Morgan fingerprint density at radius 1 is 1.31 bits per heavy atom. The SMILES string of the molecule is COCCC1(CNC2CCC(C)C2)CCC1. The number of hydrogen-bond acceptors (Lipinski definition) is 2. The highest BCUT2D eigenvalue weighted by Crippen LogP contribution is 2.43. The van der Waals surface area contributed by atoms with Gasteiger partial charge in [-0.2, -0.15) is 0 Å². The maximum atomic E-state index is 5.23. The minimum Gasteiger partial charge on any atom is -0.385 e. The molecule has 0 radical (unpaired) electrons. The highest BCUT2D eigenvalue weighted by atomic mass is 16.5. The Hall–Kier alpha value is -0.0800. The second kappa shape index (κ2) is 5.50. The maximum Gasteiger partial charge on any atom is 0.0468 e. The van der Waals surface area contributed by atoms with Gasteiger partial charge in [0.15, 0.2) is 0 Å². The summed E-state index contributed by atoms with van der Waals surface area (Å²) in [4.78, 5) is 0. The predicted molar refractivity (Wildman–Crippen MR) is 67.6 cm³/mol. The molecule has 0 saturated heterocycles. The minimum atomic E-state index is 0.585. The second-order valence-electron chi connectivity index (χ2n) is 6.09. The first-order chi connectivity index (χ1) is 7.74. The Morgan fingerprint density at radius 2 is 2.12 bits per heavy atom. The Kier molecular flexibility index (Phi) is 4.26. The van der Waals surface area contributed by atoms with Crippen LogP contribution in [0, 0.1) is 11.3 Å². The first-order valence-corrected chi connectivity index (χ1v) is 6.96. The van der Waals surface area contributed by atoms with Crippen molar-refractivity contribution in [1.29, 1.82) is 0 Å². The van der Waals surface area contributed by atoms with E-state index in [2.05, 4.69) is 12.2 Å². The number of ether oxygens (including phenoxy) is 1. The lowest BCUT2D eigenvalue weighted by molar-refractivity contribution is 0.0664. The molecule has 2 atom stereocenters. The molecule has 2 heteroatoms. The first-order valence-electron chi connectivity index (χ1n) is 6.96. The number of hydrogen-bond donors (Lipinski definition) is 1. The minimum absolute atomic E-state index is 0.585. The van der Waals surface area contributed by atoms with Crippen LogP contribution < -0.4 is 5.32 Å². The van der Waals surface area contributed by atoms with Gasteiger partial charge in [0.05, 0.1) is 0 Å². The fourth-order valence-corrected chi connectivity index (χ4v) is 3.26. The highest BCUT2D eigenvalue weighted by Gasteiger charge is 2.37. The van der Waals surface area contributed by atoms with E-state index in [0.29, 0.717) is 5.41 Å². The van der Waals surface area contributed by atoms with Crippen molar-refractivity contribution in [3.05, 3.63) is 0 Å². The predicted octanol–water partition coefficient (Wildman–Crippen LogP) is 2.97. The van der Waals surface area contributed by atoms with Gasteiger partial charge in [0.1, 0.15) is 0 Å². The molecule has 2 fully saturated rings. The van der Waals surface area contributed by atoms with Gasteiger partial charge in [-0.05, 0) is 49.9 Å². The molecule has 16 heavy (non-hydrogen) atoms. The molecule has 0 aliphatic heterocycles. The normalized spacial score (nSPS) is 32.6. The molecule has 0 aromatic rings. The van der Waals surface area contributed by atoms with Gasteiger partial charge in [0.25, 0.3) is 0 Å². The molecule has 1 N–H and O–H groups in total. The van der Waals surface area contributed by atoms with E-state index in [9.17, 15) is 0 Å². The van der Waals surface area contributed by atoms with Crippen molar-refractivity contribution < 1.29 is 4.74 Å². The molecule has 0 heterocycles. The summed E-state index contributed by atoms with van der Waals surface area (Å²) in [6.07, 6.45) is 9.69. The zero-order valence-corrected chi connectivity index (χ0v) is 10.9. The summed E-state index contributed by atoms with van der Waals surface area (Å²) in [5.41, 5.74) is 0.585. The van der Waals surface area contributed by atoms with E-state index in [-0.39, 0.29) is 0 Å². The lowest BCUT2D eigenvalue weighted by Crippen LogP contribution is -2.43. The van der Waals surface area contributed by atoms with E-state index in [1.807, 2.05) is 7.11 Å². The van der Waals surface area contributed by atoms with Crippen molar-refractivity contribution in [2.75, 3.05) is 20.3 Å². The number of methoxy groups -OCH3 is 1. The quantitative estimate of drug-likeness (QED) is 0.750. The van der Waals surface area contributed by atoms with Crippen LogP contribution in [0.3, 0.4) is 0 Å². The lowest BCUT2D eigenvalue weighted by Gasteiger charge is -2.43. The summed E-state index contributed by atoms with van der Waals surface area (Å²) >= 11 is 0. The Morgan fingerprint density at radius 3 is 2.62 bits per heavy atom. The summed E-state index contributed by atoms with van der Waals surface area (Å²) in [5.74, 6) is 0.939. The summed E-state index contributed by atoms with van der Waals surface area (Å²) in [5, 5.41) is 3.81. The molecular formula is C14H27NO. The molecule has 0 aromatic heterocycles. The van der Waals surface area contributed by atoms with Crippen LogP contribution in [0.4, 0.5) is 0 Å². The Bertz CT molecular complexity index is 213. The average Bonchev–Trinajstić information content (AvgIpc) is 2.62. The summed E-state index contributed by atoms with van der Waals surface area (Å²) in [6, 6.07) is 0.801. The van der Waals surface area contributed by atoms with Gasteiger partial charge in [-0.1, -0.05) is 13.3 Å². The summed E-state index contributed by atoms with van der Waals surface area (Å²) in [7, 11) is 1.82. The largest absolute Gasteiger partial charge is 0.385 e.